The second-order valence-electron chi connectivity index (χ2n) is 4.28. The Morgan fingerprint density at radius 1 is 1.20 bits per heavy atom. The number of hydrogen-bond donors (Lipinski definition) is 0. The van der Waals surface area contributed by atoms with Crippen LogP contribution < -0.4 is 0 Å². The zero-order valence-electron chi connectivity index (χ0n) is 12.5. The first-order chi connectivity index (χ1) is 9.61. The zero-order valence-corrected chi connectivity index (χ0v) is 13.4. The summed E-state index contributed by atoms with van der Waals surface area (Å²) in [5.41, 5.74) is 0.985. The molecule has 0 heterocycles. The van der Waals surface area contributed by atoms with Gasteiger partial charge in [0.25, 0.3) is 0 Å². The van der Waals surface area contributed by atoms with Gasteiger partial charge in [0.1, 0.15) is 6.29 Å². The first kappa shape index (κ1) is 19.1. The number of carbonyl (C=O) groups excluding carboxylic acids is 1. The van der Waals surface area contributed by atoms with Crippen molar-refractivity contribution in [2.24, 2.45) is 0 Å². The quantitative estimate of drug-likeness (QED) is 0.233. The van der Waals surface area contributed by atoms with E-state index in [4.69, 9.17) is 15.5 Å². The predicted molar refractivity (Wildman–Crippen MR) is 81.5 cm³/mol. The number of unbranched alkanes of at least 4 members (excludes halogenated alkanes) is 2. The van der Waals surface area contributed by atoms with Gasteiger partial charge in [-0.1, -0.05) is 5.57 Å². The second-order valence-corrected chi connectivity index (χ2v) is 6.13. The molecular formula is C15H25O4P. The average Bonchev–Trinajstić information content (AvgIpc) is 2.41. The van der Waals surface area contributed by atoms with E-state index in [1.807, 2.05) is 0 Å². The van der Waals surface area contributed by atoms with Crippen LogP contribution >= 0.6 is 7.60 Å². The molecule has 5 heteroatoms. The highest BCUT2D eigenvalue weighted by Crippen LogP contribution is 2.51. The van der Waals surface area contributed by atoms with Crippen molar-refractivity contribution in [3.05, 3.63) is 11.4 Å². The molecule has 0 N–H and O–H groups in total. The summed E-state index contributed by atoms with van der Waals surface area (Å²) in [6, 6.07) is 0. The molecule has 0 saturated carbocycles. The van der Waals surface area contributed by atoms with Crippen molar-refractivity contribution in [2.45, 2.75) is 52.4 Å². The van der Waals surface area contributed by atoms with Crippen molar-refractivity contribution in [1.29, 1.82) is 0 Å². The van der Waals surface area contributed by atoms with E-state index in [1.54, 1.807) is 19.7 Å². The monoisotopic (exact) mass is 300 g/mol. The van der Waals surface area contributed by atoms with Gasteiger partial charge in [0.15, 0.2) is 0 Å². The van der Waals surface area contributed by atoms with Crippen LogP contribution in [0.25, 0.3) is 0 Å². The standard InChI is InChI=1S/C15H25O4P/c1-4-7-11-15(12-9-8-10-13-16)14-20(17,18-5-2)19-6-3/h1,13-14H,5-12H2,2-3H3/b15-14-. The van der Waals surface area contributed by atoms with Crippen LogP contribution in [0.1, 0.15) is 52.4 Å². The van der Waals surface area contributed by atoms with Crippen LogP contribution in [0.4, 0.5) is 0 Å². The first-order valence-electron chi connectivity index (χ1n) is 7.08. The minimum absolute atomic E-state index is 0.335. The van der Waals surface area contributed by atoms with E-state index in [-0.39, 0.29) is 0 Å². The summed E-state index contributed by atoms with van der Waals surface area (Å²) >= 11 is 0. The Morgan fingerprint density at radius 2 is 1.85 bits per heavy atom. The maximum Gasteiger partial charge on any atom is 0.354 e. The fourth-order valence-corrected chi connectivity index (χ4v) is 3.41. The summed E-state index contributed by atoms with van der Waals surface area (Å²) in [7, 11) is -3.17. The largest absolute Gasteiger partial charge is 0.354 e. The highest BCUT2D eigenvalue weighted by atomic mass is 31.2. The average molecular weight is 300 g/mol. The van der Waals surface area contributed by atoms with E-state index in [1.165, 1.54) is 0 Å². The van der Waals surface area contributed by atoms with Crippen LogP contribution in [0.15, 0.2) is 11.4 Å². The Morgan fingerprint density at radius 3 is 2.35 bits per heavy atom. The molecule has 114 valence electrons. The van der Waals surface area contributed by atoms with Gasteiger partial charge in [0.05, 0.1) is 13.2 Å². The second kappa shape index (κ2) is 11.9. The molecule has 4 nitrogen and oxygen atoms in total. The third-order valence-corrected chi connectivity index (χ3v) is 4.54. The molecule has 0 aromatic carbocycles. The number of aldehydes is 1. The fraction of sp³-hybridized carbons (Fsp3) is 0.667. The van der Waals surface area contributed by atoms with E-state index < -0.39 is 7.60 Å². The third-order valence-electron chi connectivity index (χ3n) is 2.62. The predicted octanol–water partition coefficient (Wildman–Crippen LogP) is 4.31. The first-order valence-corrected chi connectivity index (χ1v) is 8.69. The molecule has 0 unspecified atom stereocenters. The molecule has 0 aromatic heterocycles. The van der Waals surface area contributed by atoms with Gasteiger partial charge in [-0.25, -0.2) is 0 Å². The molecule has 0 aliphatic heterocycles. The maximum absolute atomic E-state index is 12.4. The van der Waals surface area contributed by atoms with E-state index in [9.17, 15) is 9.36 Å². The van der Waals surface area contributed by atoms with Crippen LogP contribution in [-0.2, 0) is 18.4 Å². The van der Waals surface area contributed by atoms with Crippen molar-refractivity contribution in [3.8, 4) is 12.3 Å². The highest BCUT2D eigenvalue weighted by Gasteiger charge is 2.20. The van der Waals surface area contributed by atoms with E-state index >= 15 is 0 Å². The van der Waals surface area contributed by atoms with Crippen LogP contribution in [-0.4, -0.2) is 19.5 Å². The number of carbonyl (C=O) groups is 1. The Kier molecular flexibility index (Phi) is 11.4. The molecule has 0 atom stereocenters. The lowest BCUT2D eigenvalue weighted by Gasteiger charge is -2.15. The normalized spacial score (nSPS) is 12.2. The molecule has 0 aliphatic rings. The van der Waals surface area contributed by atoms with Gasteiger partial charge in [0.2, 0.25) is 0 Å². The van der Waals surface area contributed by atoms with Crippen molar-refractivity contribution in [1.82, 2.24) is 0 Å². The van der Waals surface area contributed by atoms with Gasteiger partial charge in [0, 0.05) is 18.7 Å². The lowest BCUT2D eigenvalue weighted by Crippen LogP contribution is -1.95. The number of hydrogen-bond acceptors (Lipinski definition) is 4. The topological polar surface area (TPSA) is 52.6 Å². The molecule has 0 saturated heterocycles. The van der Waals surface area contributed by atoms with Gasteiger partial charge < -0.3 is 13.8 Å². The molecule has 0 aliphatic carbocycles. The molecule has 0 spiro atoms. The minimum atomic E-state index is -3.17. The summed E-state index contributed by atoms with van der Waals surface area (Å²) in [5, 5.41) is 0. The molecule has 0 amide bonds. The van der Waals surface area contributed by atoms with Crippen LogP contribution in [0.5, 0.6) is 0 Å². The number of rotatable bonds is 12. The smallest absolute Gasteiger partial charge is 0.306 e. The minimum Gasteiger partial charge on any atom is -0.306 e. The van der Waals surface area contributed by atoms with Gasteiger partial charge in [-0.2, -0.15) is 0 Å². The number of terminal acetylenes is 1. The molecule has 0 bridgehead atoms. The Labute approximate surface area is 122 Å². The zero-order chi connectivity index (χ0) is 15.3. The third kappa shape index (κ3) is 9.09. The molecular weight excluding hydrogens is 275 g/mol. The Hall–Kier alpha value is -0.880. The molecule has 0 radical (unpaired) electrons. The Bertz CT molecular complexity index is 372. The maximum atomic E-state index is 12.4. The lowest BCUT2D eigenvalue weighted by molar-refractivity contribution is -0.107. The van der Waals surface area contributed by atoms with Crippen LogP contribution in [0, 0.1) is 12.3 Å². The van der Waals surface area contributed by atoms with E-state index in [0.717, 1.165) is 31.1 Å². The van der Waals surface area contributed by atoms with Gasteiger partial charge in [-0.3, -0.25) is 4.57 Å². The van der Waals surface area contributed by atoms with E-state index in [0.29, 0.717) is 32.5 Å². The fourth-order valence-electron chi connectivity index (χ4n) is 1.76. The van der Waals surface area contributed by atoms with Crippen LogP contribution in [0.3, 0.4) is 0 Å². The molecule has 0 fully saturated rings. The molecule has 0 rings (SSSR count). The highest BCUT2D eigenvalue weighted by molar-refractivity contribution is 7.57. The summed E-state index contributed by atoms with van der Waals surface area (Å²) in [6.45, 7) is 4.23. The number of allylic oxidation sites excluding steroid dienone is 1. The lowest BCUT2D eigenvalue weighted by atomic mass is 10.0. The summed E-state index contributed by atoms with van der Waals surface area (Å²) in [4.78, 5) is 10.3. The SMILES string of the molecule is C#CCC/C(=C/P(=O)(OCC)OCC)CCCCC=O. The summed E-state index contributed by atoms with van der Waals surface area (Å²) in [6.07, 6.45) is 10.5. The Balaban J connectivity index is 4.76. The van der Waals surface area contributed by atoms with Gasteiger partial charge in [-0.05, 0) is 39.5 Å². The summed E-state index contributed by atoms with van der Waals surface area (Å²) < 4.78 is 23.0. The molecule has 0 aromatic rings. The molecule has 20 heavy (non-hydrogen) atoms. The summed E-state index contributed by atoms with van der Waals surface area (Å²) in [5.74, 6) is 4.19. The van der Waals surface area contributed by atoms with Gasteiger partial charge in [-0.15, -0.1) is 12.3 Å². The van der Waals surface area contributed by atoms with Crippen molar-refractivity contribution >= 4 is 13.9 Å². The van der Waals surface area contributed by atoms with Crippen molar-refractivity contribution in [3.63, 3.8) is 0 Å². The van der Waals surface area contributed by atoms with Crippen molar-refractivity contribution in [2.75, 3.05) is 13.2 Å². The van der Waals surface area contributed by atoms with Crippen LogP contribution in [0.2, 0.25) is 0 Å². The van der Waals surface area contributed by atoms with Gasteiger partial charge >= 0.3 is 7.60 Å². The van der Waals surface area contributed by atoms with E-state index in [2.05, 4.69) is 5.92 Å². The van der Waals surface area contributed by atoms with Crippen molar-refractivity contribution < 1.29 is 18.4 Å².